The van der Waals surface area contributed by atoms with Crippen molar-refractivity contribution in [2.45, 2.75) is 45.3 Å². The summed E-state index contributed by atoms with van der Waals surface area (Å²) in [6.45, 7) is 7.16. The molecule has 0 spiro atoms. The van der Waals surface area contributed by atoms with E-state index >= 15 is 0 Å². The van der Waals surface area contributed by atoms with Gasteiger partial charge in [0.2, 0.25) is 0 Å². The standard InChI is InChI=1S/C24H34N2O2.2ClH/c1-3-4-6-11-22(26-16-14-25-15-17-26)21-12-13-23(24(18-21)27-2)28-19-20-9-7-5-8-10-20;;/h5,7-10,12-13,18,22,25H,3-4,6,11,14-17,19H2,1-2H3;2*1H/t22-;;/m0../s1. The average Bonchev–Trinajstić information content (AvgIpc) is 2.76. The average molecular weight is 455 g/mol. The van der Waals surface area contributed by atoms with E-state index < -0.39 is 0 Å². The Morgan fingerprint density at radius 2 is 1.70 bits per heavy atom. The maximum absolute atomic E-state index is 6.04. The number of unbranched alkanes of at least 4 members (excludes halogenated alkanes) is 2. The summed E-state index contributed by atoms with van der Waals surface area (Å²) in [7, 11) is 1.73. The van der Waals surface area contributed by atoms with Crippen LogP contribution < -0.4 is 14.8 Å². The number of ether oxygens (including phenoxy) is 2. The first-order valence-corrected chi connectivity index (χ1v) is 10.6. The minimum absolute atomic E-state index is 0. The topological polar surface area (TPSA) is 33.7 Å². The molecule has 2 aromatic rings. The van der Waals surface area contributed by atoms with Crippen molar-refractivity contribution in [1.29, 1.82) is 0 Å². The lowest BCUT2D eigenvalue weighted by molar-refractivity contribution is 0.162. The Balaban J connectivity index is 0.00000225. The molecule has 1 heterocycles. The third kappa shape index (κ3) is 7.66. The van der Waals surface area contributed by atoms with E-state index in [1.165, 1.54) is 31.2 Å². The highest BCUT2D eigenvalue weighted by atomic mass is 35.5. The lowest BCUT2D eigenvalue weighted by Crippen LogP contribution is -2.45. The Labute approximate surface area is 194 Å². The molecule has 1 aliphatic rings. The molecule has 0 amide bonds. The van der Waals surface area contributed by atoms with Gasteiger partial charge in [-0.2, -0.15) is 0 Å². The summed E-state index contributed by atoms with van der Waals surface area (Å²) in [5, 5.41) is 3.47. The Morgan fingerprint density at radius 1 is 0.967 bits per heavy atom. The SMILES string of the molecule is CCCCC[C@@H](c1ccc(OCc2ccccc2)c(OC)c1)N1CCNCC1.Cl.Cl. The molecule has 6 heteroatoms. The molecule has 168 valence electrons. The van der Waals surface area contributed by atoms with E-state index in [0.29, 0.717) is 12.6 Å². The zero-order valence-electron chi connectivity index (χ0n) is 18.1. The van der Waals surface area contributed by atoms with Crippen LogP contribution in [0.2, 0.25) is 0 Å². The largest absolute Gasteiger partial charge is 0.493 e. The van der Waals surface area contributed by atoms with Crippen LogP contribution in [0.1, 0.15) is 49.8 Å². The van der Waals surface area contributed by atoms with Crippen molar-refractivity contribution in [3.63, 3.8) is 0 Å². The molecule has 1 atom stereocenters. The molecule has 0 radical (unpaired) electrons. The molecule has 4 nitrogen and oxygen atoms in total. The second-order valence-corrected chi connectivity index (χ2v) is 7.48. The van der Waals surface area contributed by atoms with E-state index in [9.17, 15) is 0 Å². The molecule has 0 unspecified atom stereocenters. The van der Waals surface area contributed by atoms with Crippen LogP contribution >= 0.6 is 24.8 Å². The maximum atomic E-state index is 6.04. The first-order chi connectivity index (χ1) is 13.8. The predicted octanol–water partition coefficient (Wildman–Crippen LogP) is 5.64. The highest BCUT2D eigenvalue weighted by Gasteiger charge is 2.23. The summed E-state index contributed by atoms with van der Waals surface area (Å²) in [5.41, 5.74) is 2.49. The summed E-state index contributed by atoms with van der Waals surface area (Å²) >= 11 is 0. The molecule has 0 saturated carbocycles. The van der Waals surface area contributed by atoms with Gasteiger partial charge in [0, 0.05) is 32.2 Å². The third-order valence-electron chi connectivity index (χ3n) is 5.48. The number of halogens is 2. The number of benzene rings is 2. The Hall–Kier alpha value is -1.46. The predicted molar refractivity (Wildman–Crippen MR) is 130 cm³/mol. The molecule has 0 bridgehead atoms. The molecule has 2 aromatic carbocycles. The normalized spacial score (nSPS) is 14.9. The number of nitrogens with zero attached hydrogens (tertiary/aromatic N) is 1. The zero-order valence-corrected chi connectivity index (χ0v) is 19.8. The van der Waals surface area contributed by atoms with Gasteiger partial charge in [0.1, 0.15) is 6.61 Å². The highest BCUT2D eigenvalue weighted by Crippen LogP contribution is 2.35. The van der Waals surface area contributed by atoms with Gasteiger partial charge in [-0.05, 0) is 29.7 Å². The highest BCUT2D eigenvalue weighted by molar-refractivity contribution is 5.85. The lowest BCUT2D eigenvalue weighted by atomic mass is 9.97. The van der Waals surface area contributed by atoms with Crippen LogP contribution in [-0.2, 0) is 6.61 Å². The van der Waals surface area contributed by atoms with Gasteiger partial charge in [-0.25, -0.2) is 0 Å². The number of hydrogen-bond acceptors (Lipinski definition) is 4. The summed E-state index contributed by atoms with van der Waals surface area (Å²) < 4.78 is 11.7. The van der Waals surface area contributed by atoms with Crippen molar-refractivity contribution < 1.29 is 9.47 Å². The van der Waals surface area contributed by atoms with E-state index in [-0.39, 0.29) is 24.8 Å². The van der Waals surface area contributed by atoms with Crippen LogP contribution in [0.5, 0.6) is 11.5 Å². The van der Waals surface area contributed by atoms with Crippen LogP contribution in [0.25, 0.3) is 0 Å². The molecule has 0 aromatic heterocycles. The van der Waals surface area contributed by atoms with Gasteiger partial charge < -0.3 is 14.8 Å². The number of methoxy groups -OCH3 is 1. The van der Waals surface area contributed by atoms with Gasteiger partial charge in [0.15, 0.2) is 11.5 Å². The minimum Gasteiger partial charge on any atom is -0.493 e. The molecular weight excluding hydrogens is 419 g/mol. The van der Waals surface area contributed by atoms with Gasteiger partial charge >= 0.3 is 0 Å². The Morgan fingerprint density at radius 3 is 2.37 bits per heavy atom. The van der Waals surface area contributed by atoms with Crippen LogP contribution in [0, 0.1) is 0 Å². The monoisotopic (exact) mass is 454 g/mol. The molecule has 1 fully saturated rings. The zero-order chi connectivity index (χ0) is 19.6. The molecule has 0 aliphatic carbocycles. The third-order valence-corrected chi connectivity index (χ3v) is 5.48. The summed E-state index contributed by atoms with van der Waals surface area (Å²) in [6.07, 6.45) is 5.00. The van der Waals surface area contributed by atoms with Crippen LogP contribution in [0.3, 0.4) is 0 Å². The molecule has 1 N–H and O–H groups in total. The fourth-order valence-corrected chi connectivity index (χ4v) is 3.89. The fraction of sp³-hybridized carbons (Fsp3) is 0.500. The number of nitrogens with one attached hydrogen (secondary N) is 1. The molecule has 3 rings (SSSR count). The van der Waals surface area contributed by atoms with Crippen molar-refractivity contribution in [2.75, 3.05) is 33.3 Å². The Kier molecular flexibility index (Phi) is 12.9. The van der Waals surface area contributed by atoms with Gasteiger partial charge in [0.05, 0.1) is 7.11 Å². The van der Waals surface area contributed by atoms with Crippen molar-refractivity contribution in [3.05, 3.63) is 59.7 Å². The van der Waals surface area contributed by atoms with E-state index in [4.69, 9.17) is 9.47 Å². The fourth-order valence-electron chi connectivity index (χ4n) is 3.89. The van der Waals surface area contributed by atoms with E-state index in [0.717, 1.165) is 43.2 Å². The summed E-state index contributed by atoms with van der Waals surface area (Å²) in [4.78, 5) is 2.62. The van der Waals surface area contributed by atoms with Crippen molar-refractivity contribution in [3.8, 4) is 11.5 Å². The quantitative estimate of drug-likeness (QED) is 0.470. The van der Waals surface area contributed by atoms with Crippen molar-refractivity contribution in [2.24, 2.45) is 0 Å². The number of piperazine rings is 1. The van der Waals surface area contributed by atoms with Crippen molar-refractivity contribution in [1.82, 2.24) is 10.2 Å². The van der Waals surface area contributed by atoms with Gasteiger partial charge in [0.25, 0.3) is 0 Å². The summed E-state index contributed by atoms with van der Waals surface area (Å²) in [5.74, 6) is 1.63. The second kappa shape index (κ2) is 14.5. The number of rotatable bonds is 10. The minimum atomic E-state index is 0. The van der Waals surface area contributed by atoms with Crippen molar-refractivity contribution >= 4 is 24.8 Å². The van der Waals surface area contributed by atoms with E-state index in [2.05, 4.69) is 47.5 Å². The van der Waals surface area contributed by atoms with Crippen LogP contribution in [-0.4, -0.2) is 38.2 Å². The first kappa shape index (κ1) is 26.6. The van der Waals surface area contributed by atoms with E-state index in [1.807, 2.05) is 18.2 Å². The smallest absolute Gasteiger partial charge is 0.161 e. The molecule has 1 saturated heterocycles. The number of hydrogen-bond donors (Lipinski definition) is 1. The Bertz CT molecular complexity index is 710. The van der Waals surface area contributed by atoms with Gasteiger partial charge in [-0.1, -0.05) is 62.6 Å². The maximum Gasteiger partial charge on any atom is 0.161 e. The van der Waals surface area contributed by atoms with Gasteiger partial charge in [-0.3, -0.25) is 4.90 Å². The van der Waals surface area contributed by atoms with Gasteiger partial charge in [-0.15, -0.1) is 24.8 Å². The summed E-state index contributed by atoms with van der Waals surface area (Å²) in [6, 6.07) is 17.2. The molecular formula is C24H36Cl2N2O2. The molecule has 1 aliphatic heterocycles. The lowest BCUT2D eigenvalue weighted by Gasteiger charge is -2.35. The van der Waals surface area contributed by atoms with Crippen LogP contribution in [0.4, 0.5) is 0 Å². The second-order valence-electron chi connectivity index (χ2n) is 7.48. The van der Waals surface area contributed by atoms with E-state index in [1.54, 1.807) is 7.11 Å². The van der Waals surface area contributed by atoms with Crippen LogP contribution in [0.15, 0.2) is 48.5 Å². The molecule has 30 heavy (non-hydrogen) atoms. The first-order valence-electron chi connectivity index (χ1n) is 10.6.